The SMILES string of the molecule is Cn1nnnc1-c1cccc(NC(=O)C[C@@H](NC(=O)c2ccccc2)c2ccccc2)c1. The summed E-state index contributed by atoms with van der Waals surface area (Å²) in [6.07, 6.45) is 0.0817. The zero-order valence-electron chi connectivity index (χ0n) is 17.5. The first-order valence-electron chi connectivity index (χ1n) is 10.1. The van der Waals surface area contributed by atoms with Gasteiger partial charge in [0, 0.05) is 23.9 Å². The second-order valence-corrected chi connectivity index (χ2v) is 7.26. The third kappa shape index (κ3) is 5.04. The Hall–Kier alpha value is -4.33. The second-order valence-electron chi connectivity index (χ2n) is 7.26. The summed E-state index contributed by atoms with van der Waals surface area (Å²) in [5.41, 5.74) is 2.80. The Bertz CT molecular complexity index is 1210. The van der Waals surface area contributed by atoms with E-state index >= 15 is 0 Å². The number of aromatic nitrogens is 4. The Balaban J connectivity index is 1.49. The molecule has 4 aromatic rings. The monoisotopic (exact) mass is 426 g/mol. The second kappa shape index (κ2) is 9.65. The number of amides is 2. The molecular weight excluding hydrogens is 404 g/mol. The van der Waals surface area contributed by atoms with Crippen LogP contribution in [0, 0.1) is 0 Å². The number of rotatable bonds is 7. The zero-order valence-corrected chi connectivity index (χ0v) is 17.5. The molecule has 0 radical (unpaired) electrons. The molecule has 1 heterocycles. The summed E-state index contributed by atoms with van der Waals surface area (Å²) >= 11 is 0. The van der Waals surface area contributed by atoms with E-state index in [0.717, 1.165) is 11.1 Å². The summed E-state index contributed by atoms with van der Waals surface area (Å²) in [6, 6.07) is 25.2. The summed E-state index contributed by atoms with van der Waals surface area (Å²) in [5.74, 6) is 0.142. The van der Waals surface area contributed by atoms with E-state index in [-0.39, 0.29) is 18.2 Å². The number of nitrogens with one attached hydrogen (secondary N) is 2. The summed E-state index contributed by atoms with van der Waals surface area (Å²) in [6.45, 7) is 0. The Morgan fingerprint density at radius 3 is 2.34 bits per heavy atom. The minimum atomic E-state index is -0.477. The maximum absolute atomic E-state index is 12.9. The van der Waals surface area contributed by atoms with Gasteiger partial charge in [-0.1, -0.05) is 60.7 Å². The lowest BCUT2D eigenvalue weighted by Gasteiger charge is -2.19. The Morgan fingerprint density at radius 2 is 1.66 bits per heavy atom. The molecule has 0 unspecified atom stereocenters. The number of carbonyl (C=O) groups excluding carboxylic acids is 2. The van der Waals surface area contributed by atoms with Crippen LogP contribution in [0.25, 0.3) is 11.4 Å². The molecule has 0 bridgehead atoms. The molecule has 160 valence electrons. The molecule has 0 aliphatic carbocycles. The van der Waals surface area contributed by atoms with E-state index in [1.165, 1.54) is 0 Å². The van der Waals surface area contributed by atoms with Crippen molar-refractivity contribution in [1.29, 1.82) is 0 Å². The van der Waals surface area contributed by atoms with E-state index in [1.807, 2.05) is 54.6 Å². The molecule has 4 rings (SSSR count). The van der Waals surface area contributed by atoms with Crippen molar-refractivity contribution in [3.63, 3.8) is 0 Å². The van der Waals surface area contributed by atoms with Gasteiger partial charge in [0.1, 0.15) is 0 Å². The first-order chi connectivity index (χ1) is 15.6. The number of carbonyl (C=O) groups is 2. The van der Waals surface area contributed by atoms with Crippen LogP contribution in [-0.4, -0.2) is 32.0 Å². The smallest absolute Gasteiger partial charge is 0.251 e. The quantitative estimate of drug-likeness (QED) is 0.472. The molecule has 0 fully saturated rings. The van der Waals surface area contributed by atoms with Gasteiger partial charge < -0.3 is 10.6 Å². The lowest BCUT2D eigenvalue weighted by molar-refractivity contribution is -0.116. The number of nitrogens with zero attached hydrogens (tertiary/aromatic N) is 4. The Morgan fingerprint density at radius 1 is 0.938 bits per heavy atom. The third-order valence-corrected chi connectivity index (χ3v) is 4.96. The molecular formula is C24H22N6O2. The van der Waals surface area contributed by atoms with Crippen LogP contribution in [0.15, 0.2) is 84.9 Å². The minimum Gasteiger partial charge on any atom is -0.345 e. The van der Waals surface area contributed by atoms with Crippen LogP contribution in [0.5, 0.6) is 0 Å². The summed E-state index contributed by atoms with van der Waals surface area (Å²) in [7, 11) is 1.75. The minimum absolute atomic E-state index is 0.0817. The van der Waals surface area contributed by atoms with Crippen LogP contribution in [0.3, 0.4) is 0 Å². The standard InChI is InChI=1S/C24H22N6O2/c1-30-23(27-28-29-30)19-13-8-14-20(15-19)25-22(31)16-21(17-9-4-2-5-10-17)26-24(32)18-11-6-3-7-12-18/h2-15,21H,16H2,1H3,(H,25,31)(H,26,32)/t21-/m1/s1. The van der Waals surface area contributed by atoms with E-state index in [4.69, 9.17) is 0 Å². The van der Waals surface area contributed by atoms with E-state index in [0.29, 0.717) is 17.1 Å². The predicted octanol–water partition coefficient (Wildman–Crippen LogP) is 3.38. The molecule has 1 atom stereocenters. The van der Waals surface area contributed by atoms with Gasteiger partial charge in [0.15, 0.2) is 5.82 Å². The van der Waals surface area contributed by atoms with Gasteiger partial charge in [0.05, 0.1) is 12.5 Å². The molecule has 2 N–H and O–H groups in total. The van der Waals surface area contributed by atoms with Gasteiger partial charge >= 0.3 is 0 Å². The summed E-state index contributed by atoms with van der Waals surface area (Å²) in [4.78, 5) is 25.6. The van der Waals surface area contributed by atoms with E-state index in [2.05, 4.69) is 26.2 Å². The van der Waals surface area contributed by atoms with Crippen molar-refractivity contribution in [1.82, 2.24) is 25.5 Å². The highest BCUT2D eigenvalue weighted by atomic mass is 16.2. The van der Waals surface area contributed by atoms with Crippen molar-refractivity contribution >= 4 is 17.5 Å². The Kier molecular flexibility index (Phi) is 6.31. The fraction of sp³-hybridized carbons (Fsp3) is 0.125. The molecule has 0 saturated carbocycles. The van der Waals surface area contributed by atoms with Gasteiger partial charge in [-0.3, -0.25) is 9.59 Å². The molecule has 0 spiro atoms. The fourth-order valence-corrected chi connectivity index (χ4v) is 3.38. The van der Waals surface area contributed by atoms with E-state index in [9.17, 15) is 9.59 Å². The molecule has 2 amide bonds. The number of aryl methyl sites for hydroxylation is 1. The summed E-state index contributed by atoms with van der Waals surface area (Å²) in [5, 5.41) is 17.4. The number of benzene rings is 3. The third-order valence-electron chi connectivity index (χ3n) is 4.96. The lowest BCUT2D eigenvalue weighted by Crippen LogP contribution is -2.31. The van der Waals surface area contributed by atoms with Crippen molar-refractivity contribution < 1.29 is 9.59 Å². The van der Waals surface area contributed by atoms with Crippen molar-refractivity contribution in [2.24, 2.45) is 7.05 Å². The number of tetrazole rings is 1. The van der Waals surface area contributed by atoms with Gasteiger partial charge in [0.25, 0.3) is 5.91 Å². The first-order valence-corrected chi connectivity index (χ1v) is 10.1. The van der Waals surface area contributed by atoms with Crippen LogP contribution in [0.4, 0.5) is 5.69 Å². The summed E-state index contributed by atoms with van der Waals surface area (Å²) < 4.78 is 1.56. The average molecular weight is 426 g/mol. The molecule has 0 aliphatic rings. The van der Waals surface area contributed by atoms with Crippen LogP contribution in [0.2, 0.25) is 0 Å². The van der Waals surface area contributed by atoms with Crippen molar-refractivity contribution in [2.75, 3.05) is 5.32 Å². The van der Waals surface area contributed by atoms with Crippen molar-refractivity contribution in [3.05, 3.63) is 96.1 Å². The number of hydrogen-bond acceptors (Lipinski definition) is 5. The van der Waals surface area contributed by atoms with Crippen molar-refractivity contribution in [2.45, 2.75) is 12.5 Å². The highest BCUT2D eigenvalue weighted by Gasteiger charge is 2.19. The normalized spacial score (nSPS) is 11.5. The maximum atomic E-state index is 12.9. The van der Waals surface area contributed by atoms with Crippen LogP contribution in [0.1, 0.15) is 28.4 Å². The van der Waals surface area contributed by atoms with Gasteiger partial charge in [-0.05, 0) is 40.3 Å². The number of hydrogen-bond donors (Lipinski definition) is 2. The van der Waals surface area contributed by atoms with Crippen LogP contribution in [-0.2, 0) is 11.8 Å². The molecule has 32 heavy (non-hydrogen) atoms. The topological polar surface area (TPSA) is 102 Å². The van der Waals surface area contributed by atoms with Crippen molar-refractivity contribution in [3.8, 4) is 11.4 Å². The number of anilines is 1. The Labute approximate surface area is 185 Å². The van der Waals surface area contributed by atoms with Gasteiger partial charge in [-0.15, -0.1) is 5.10 Å². The molecule has 8 heteroatoms. The van der Waals surface area contributed by atoms with Crippen LogP contribution < -0.4 is 10.6 Å². The fourth-order valence-electron chi connectivity index (χ4n) is 3.38. The van der Waals surface area contributed by atoms with E-state index < -0.39 is 6.04 Å². The average Bonchev–Trinajstić information content (AvgIpc) is 3.26. The molecule has 0 saturated heterocycles. The molecule has 8 nitrogen and oxygen atoms in total. The van der Waals surface area contributed by atoms with E-state index in [1.54, 1.807) is 42.1 Å². The van der Waals surface area contributed by atoms with Gasteiger partial charge in [-0.2, -0.15) is 0 Å². The molecule has 0 aliphatic heterocycles. The predicted molar refractivity (Wildman–Crippen MR) is 121 cm³/mol. The highest BCUT2D eigenvalue weighted by molar-refractivity contribution is 5.96. The molecule has 1 aromatic heterocycles. The van der Waals surface area contributed by atoms with Gasteiger partial charge in [0.2, 0.25) is 5.91 Å². The maximum Gasteiger partial charge on any atom is 0.251 e. The molecule has 3 aromatic carbocycles. The van der Waals surface area contributed by atoms with Crippen LogP contribution >= 0.6 is 0 Å². The van der Waals surface area contributed by atoms with Gasteiger partial charge in [-0.25, -0.2) is 4.68 Å². The zero-order chi connectivity index (χ0) is 22.3. The highest BCUT2D eigenvalue weighted by Crippen LogP contribution is 2.22. The lowest BCUT2D eigenvalue weighted by atomic mass is 10.0. The largest absolute Gasteiger partial charge is 0.345 e. The first kappa shape index (κ1) is 20.9.